The Hall–Kier alpha value is -2.89. The second-order valence-corrected chi connectivity index (χ2v) is 6.61. The predicted octanol–water partition coefficient (Wildman–Crippen LogP) is 3.42. The fraction of sp³-hybridized carbons (Fsp3) is 0.300. The summed E-state index contributed by atoms with van der Waals surface area (Å²) in [4.78, 5) is 19.5. The molecule has 1 aliphatic heterocycles. The molecule has 1 aliphatic rings. The zero-order valence-electron chi connectivity index (χ0n) is 14.7. The number of fused-ring (bicyclic) bond motifs is 1. The Morgan fingerprint density at radius 2 is 2.12 bits per heavy atom. The first-order chi connectivity index (χ1) is 12.7. The number of amides is 1. The Morgan fingerprint density at radius 3 is 2.88 bits per heavy atom. The molecule has 6 heteroatoms. The molecule has 134 valence electrons. The summed E-state index contributed by atoms with van der Waals surface area (Å²) in [5.74, 6) is 0.578. The van der Waals surface area contributed by atoms with Crippen LogP contribution in [-0.4, -0.2) is 33.8 Å². The molecule has 0 bridgehead atoms. The Bertz CT molecular complexity index is 935. The maximum Gasteiger partial charge on any atom is 0.227 e. The van der Waals surface area contributed by atoms with Gasteiger partial charge in [0.05, 0.1) is 23.7 Å². The normalized spacial score (nSPS) is 17.0. The van der Waals surface area contributed by atoms with Crippen LogP contribution < -0.4 is 5.32 Å². The van der Waals surface area contributed by atoms with E-state index in [1.807, 2.05) is 40.9 Å². The van der Waals surface area contributed by atoms with Crippen LogP contribution in [0.3, 0.4) is 0 Å². The van der Waals surface area contributed by atoms with Crippen molar-refractivity contribution < 1.29 is 9.18 Å². The lowest BCUT2D eigenvalue weighted by Crippen LogP contribution is -2.32. The molecular weight excluding hydrogens is 331 g/mol. The Balaban J connectivity index is 1.60. The molecule has 1 amide bonds. The lowest BCUT2D eigenvalue weighted by atomic mass is 10.1. The number of halogens is 1. The summed E-state index contributed by atoms with van der Waals surface area (Å²) in [6.45, 7) is 0.727. The van der Waals surface area contributed by atoms with Crippen LogP contribution in [0, 0.1) is 5.82 Å². The molecule has 1 aromatic carbocycles. The molecule has 1 N–H and O–H groups in total. The lowest BCUT2D eigenvalue weighted by molar-refractivity contribution is -0.131. The Labute approximate surface area is 151 Å². The average molecular weight is 352 g/mol. The minimum absolute atomic E-state index is 0.0261. The molecule has 1 unspecified atom stereocenters. The Kier molecular flexibility index (Phi) is 4.32. The second-order valence-electron chi connectivity index (χ2n) is 6.61. The number of carbonyl (C=O) groups is 1. The number of hydrogen-bond acceptors (Lipinski definition) is 3. The number of nitrogens with zero attached hydrogens (tertiary/aromatic N) is 3. The Morgan fingerprint density at radius 1 is 1.31 bits per heavy atom. The van der Waals surface area contributed by atoms with Crippen LogP contribution in [0.2, 0.25) is 0 Å². The van der Waals surface area contributed by atoms with Crippen molar-refractivity contribution in [3.8, 4) is 0 Å². The smallest absolute Gasteiger partial charge is 0.227 e. The van der Waals surface area contributed by atoms with E-state index in [1.54, 1.807) is 12.1 Å². The summed E-state index contributed by atoms with van der Waals surface area (Å²) in [5.41, 5.74) is 2.73. The third-order valence-corrected chi connectivity index (χ3v) is 4.95. The molecule has 3 heterocycles. The number of nitrogens with one attached hydrogen (secondary N) is 1. The minimum Gasteiger partial charge on any atom is -0.371 e. The molecule has 0 radical (unpaired) electrons. The molecule has 1 fully saturated rings. The zero-order chi connectivity index (χ0) is 18.1. The monoisotopic (exact) mass is 352 g/mol. The van der Waals surface area contributed by atoms with Gasteiger partial charge in [-0.3, -0.25) is 4.79 Å². The van der Waals surface area contributed by atoms with Gasteiger partial charge in [0.1, 0.15) is 11.6 Å². The second kappa shape index (κ2) is 6.78. The maximum atomic E-state index is 13.1. The van der Waals surface area contributed by atoms with Gasteiger partial charge in [0, 0.05) is 26.0 Å². The van der Waals surface area contributed by atoms with Gasteiger partial charge < -0.3 is 14.6 Å². The molecule has 2 aromatic heterocycles. The summed E-state index contributed by atoms with van der Waals surface area (Å²) in [6, 6.07) is 10.1. The number of aromatic nitrogens is 2. The summed E-state index contributed by atoms with van der Waals surface area (Å²) in [5, 5.41) is 3.14. The molecule has 1 saturated heterocycles. The molecular formula is C20H21FN4O. The summed E-state index contributed by atoms with van der Waals surface area (Å²) in [6.07, 6.45) is 6.13. The first-order valence-corrected chi connectivity index (χ1v) is 8.85. The van der Waals surface area contributed by atoms with Crippen LogP contribution in [0.25, 0.3) is 5.52 Å². The van der Waals surface area contributed by atoms with E-state index in [9.17, 15) is 9.18 Å². The van der Waals surface area contributed by atoms with Gasteiger partial charge in [-0.15, -0.1) is 0 Å². The number of carbonyl (C=O) groups excluding carboxylic acids is 1. The highest BCUT2D eigenvalue weighted by Crippen LogP contribution is 2.32. The van der Waals surface area contributed by atoms with E-state index in [0.29, 0.717) is 0 Å². The van der Waals surface area contributed by atoms with Crippen molar-refractivity contribution in [2.45, 2.75) is 25.3 Å². The molecule has 0 saturated carbocycles. The van der Waals surface area contributed by atoms with E-state index in [2.05, 4.69) is 5.32 Å². The standard InChI is InChI=1S/C20H21FN4O/c1-22-20-18-5-2-10-24(18)13-16(23-20)17-4-3-11-25(17)19(26)12-14-6-8-15(21)9-7-14/h2,5-10,13,17H,3-4,11-12H2,1H3,(H,22,23). The minimum atomic E-state index is -0.288. The van der Waals surface area contributed by atoms with Crippen LogP contribution in [0.4, 0.5) is 10.2 Å². The first-order valence-electron chi connectivity index (χ1n) is 8.85. The molecule has 0 spiro atoms. The van der Waals surface area contributed by atoms with E-state index in [1.165, 1.54) is 12.1 Å². The van der Waals surface area contributed by atoms with Gasteiger partial charge in [0.25, 0.3) is 0 Å². The van der Waals surface area contributed by atoms with Gasteiger partial charge >= 0.3 is 0 Å². The summed E-state index contributed by atoms with van der Waals surface area (Å²) in [7, 11) is 1.85. The van der Waals surface area contributed by atoms with Crippen molar-refractivity contribution in [1.29, 1.82) is 0 Å². The third kappa shape index (κ3) is 3.03. The van der Waals surface area contributed by atoms with Crippen LogP contribution in [-0.2, 0) is 11.2 Å². The first kappa shape index (κ1) is 16.6. The van der Waals surface area contributed by atoms with Crippen LogP contribution >= 0.6 is 0 Å². The summed E-state index contributed by atoms with van der Waals surface area (Å²) < 4.78 is 15.1. The van der Waals surface area contributed by atoms with E-state index in [-0.39, 0.29) is 24.2 Å². The average Bonchev–Trinajstić information content (AvgIpc) is 3.31. The third-order valence-electron chi connectivity index (χ3n) is 4.95. The van der Waals surface area contributed by atoms with Crippen molar-refractivity contribution in [3.05, 3.63) is 65.9 Å². The van der Waals surface area contributed by atoms with E-state index in [4.69, 9.17) is 4.98 Å². The van der Waals surface area contributed by atoms with Crippen molar-refractivity contribution in [3.63, 3.8) is 0 Å². The van der Waals surface area contributed by atoms with Gasteiger partial charge in [0.2, 0.25) is 5.91 Å². The molecule has 1 atom stereocenters. The van der Waals surface area contributed by atoms with E-state index in [0.717, 1.165) is 42.0 Å². The fourth-order valence-electron chi connectivity index (χ4n) is 3.66. The topological polar surface area (TPSA) is 49.6 Å². The molecule has 26 heavy (non-hydrogen) atoms. The number of anilines is 1. The highest BCUT2D eigenvalue weighted by molar-refractivity contribution is 5.79. The van der Waals surface area contributed by atoms with Crippen molar-refractivity contribution in [2.24, 2.45) is 0 Å². The molecule has 0 aliphatic carbocycles. The number of benzene rings is 1. The summed E-state index contributed by atoms with van der Waals surface area (Å²) >= 11 is 0. The number of likely N-dealkylation sites (tertiary alicyclic amines) is 1. The van der Waals surface area contributed by atoms with Crippen molar-refractivity contribution in [2.75, 3.05) is 18.9 Å². The van der Waals surface area contributed by atoms with Crippen LogP contribution in [0.15, 0.2) is 48.8 Å². The quantitative estimate of drug-likeness (QED) is 0.783. The molecule has 3 aromatic rings. The predicted molar refractivity (Wildman–Crippen MR) is 98.5 cm³/mol. The number of hydrogen-bond donors (Lipinski definition) is 1. The fourth-order valence-corrected chi connectivity index (χ4v) is 3.66. The van der Waals surface area contributed by atoms with E-state index >= 15 is 0 Å². The van der Waals surface area contributed by atoms with Gasteiger partial charge in [-0.2, -0.15) is 0 Å². The van der Waals surface area contributed by atoms with Gasteiger partial charge in [0.15, 0.2) is 0 Å². The lowest BCUT2D eigenvalue weighted by Gasteiger charge is -2.25. The largest absolute Gasteiger partial charge is 0.371 e. The van der Waals surface area contributed by atoms with Gasteiger partial charge in [-0.05, 0) is 42.7 Å². The van der Waals surface area contributed by atoms with E-state index < -0.39 is 0 Å². The van der Waals surface area contributed by atoms with Crippen LogP contribution in [0.5, 0.6) is 0 Å². The molecule has 5 nitrogen and oxygen atoms in total. The van der Waals surface area contributed by atoms with Crippen molar-refractivity contribution in [1.82, 2.24) is 14.3 Å². The zero-order valence-corrected chi connectivity index (χ0v) is 14.7. The van der Waals surface area contributed by atoms with Crippen molar-refractivity contribution >= 4 is 17.2 Å². The highest BCUT2D eigenvalue weighted by Gasteiger charge is 2.31. The maximum absolute atomic E-state index is 13.1. The highest BCUT2D eigenvalue weighted by atomic mass is 19.1. The SMILES string of the molecule is CNc1nc(C2CCCN2C(=O)Cc2ccc(F)cc2)cn2cccc12. The molecule has 4 rings (SSSR count). The number of rotatable bonds is 4. The van der Waals surface area contributed by atoms with Crippen LogP contribution in [0.1, 0.15) is 30.1 Å². The van der Waals surface area contributed by atoms with Gasteiger partial charge in [-0.25, -0.2) is 9.37 Å². The van der Waals surface area contributed by atoms with Gasteiger partial charge in [-0.1, -0.05) is 12.1 Å².